The maximum absolute atomic E-state index is 4.90. The van der Waals surface area contributed by atoms with Gasteiger partial charge in [0.1, 0.15) is 5.82 Å². The van der Waals surface area contributed by atoms with Crippen LogP contribution in [0.2, 0.25) is 0 Å². The smallest absolute Gasteiger partial charge is 0.141 e. The molecule has 1 aromatic heterocycles. The number of nitrogens with zero attached hydrogens (tertiary/aromatic N) is 2. The Kier molecular flexibility index (Phi) is 2.74. The van der Waals surface area contributed by atoms with E-state index in [0.29, 0.717) is 6.04 Å². The Morgan fingerprint density at radius 1 is 1.10 bits per heavy atom. The number of nitrogens with one attached hydrogen (secondary N) is 1. The fourth-order valence-electron chi connectivity index (χ4n) is 2.90. The van der Waals surface area contributed by atoms with Gasteiger partial charge >= 0.3 is 0 Å². The van der Waals surface area contributed by atoms with Crippen LogP contribution in [-0.4, -0.2) is 16.6 Å². The summed E-state index contributed by atoms with van der Waals surface area (Å²) in [4.78, 5) is 4.90. The molecule has 21 heavy (non-hydrogen) atoms. The molecule has 3 heteroatoms. The van der Waals surface area contributed by atoms with Crippen LogP contribution in [0, 0.1) is 6.92 Å². The van der Waals surface area contributed by atoms with Crippen LogP contribution in [0.15, 0.2) is 42.5 Å². The molecule has 0 radical (unpaired) electrons. The van der Waals surface area contributed by atoms with Crippen molar-refractivity contribution in [3.63, 3.8) is 0 Å². The summed E-state index contributed by atoms with van der Waals surface area (Å²) in [5, 5.41) is 3.16. The average Bonchev–Trinajstić information content (AvgIpc) is 3.28. The number of imidazole rings is 1. The van der Waals surface area contributed by atoms with Crippen molar-refractivity contribution in [3.8, 4) is 11.4 Å². The summed E-state index contributed by atoms with van der Waals surface area (Å²) in [6.45, 7) is 2.12. The van der Waals surface area contributed by atoms with Gasteiger partial charge in [-0.1, -0.05) is 6.07 Å². The number of hydrogen-bond acceptors (Lipinski definition) is 2. The van der Waals surface area contributed by atoms with E-state index in [9.17, 15) is 0 Å². The Balaban J connectivity index is 1.91. The third-order valence-corrected chi connectivity index (χ3v) is 4.19. The molecule has 1 N–H and O–H groups in total. The number of anilines is 1. The quantitative estimate of drug-likeness (QED) is 0.769. The van der Waals surface area contributed by atoms with Gasteiger partial charge in [0.05, 0.1) is 11.0 Å². The van der Waals surface area contributed by atoms with Crippen molar-refractivity contribution in [2.45, 2.75) is 25.8 Å². The monoisotopic (exact) mass is 277 g/mol. The van der Waals surface area contributed by atoms with Gasteiger partial charge in [0.25, 0.3) is 0 Å². The van der Waals surface area contributed by atoms with Crippen LogP contribution in [0.4, 0.5) is 5.69 Å². The van der Waals surface area contributed by atoms with E-state index >= 15 is 0 Å². The molecule has 0 atom stereocenters. The normalized spacial score (nSPS) is 14.6. The molecular weight excluding hydrogens is 258 g/mol. The zero-order valence-corrected chi connectivity index (χ0v) is 12.4. The van der Waals surface area contributed by atoms with Gasteiger partial charge < -0.3 is 9.88 Å². The fraction of sp³-hybridized carbons (Fsp3) is 0.278. The lowest BCUT2D eigenvalue weighted by atomic mass is 10.2. The van der Waals surface area contributed by atoms with E-state index in [2.05, 4.69) is 59.3 Å². The highest BCUT2D eigenvalue weighted by atomic mass is 15.1. The van der Waals surface area contributed by atoms with Crippen LogP contribution >= 0.6 is 0 Å². The summed E-state index contributed by atoms with van der Waals surface area (Å²) >= 11 is 0. The van der Waals surface area contributed by atoms with Gasteiger partial charge in [-0.2, -0.15) is 0 Å². The van der Waals surface area contributed by atoms with Crippen molar-refractivity contribution in [2.75, 3.05) is 12.4 Å². The maximum atomic E-state index is 4.90. The van der Waals surface area contributed by atoms with E-state index in [4.69, 9.17) is 4.98 Å². The number of hydrogen-bond donors (Lipinski definition) is 1. The third-order valence-electron chi connectivity index (χ3n) is 4.19. The van der Waals surface area contributed by atoms with E-state index in [1.165, 1.54) is 29.5 Å². The van der Waals surface area contributed by atoms with E-state index in [0.717, 1.165) is 17.0 Å². The molecule has 0 aliphatic heterocycles. The van der Waals surface area contributed by atoms with Gasteiger partial charge in [0.15, 0.2) is 0 Å². The lowest BCUT2D eigenvalue weighted by molar-refractivity contribution is 0.775. The summed E-state index contributed by atoms with van der Waals surface area (Å²) in [6.07, 6.45) is 2.53. The molecule has 1 aliphatic rings. The maximum Gasteiger partial charge on any atom is 0.141 e. The molecule has 106 valence electrons. The fourth-order valence-corrected chi connectivity index (χ4v) is 2.90. The molecule has 1 fully saturated rings. The summed E-state index contributed by atoms with van der Waals surface area (Å²) in [5.41, 5.74) is 5.95. The molecular formula is C18H19N3. The summed E-state index contributed by atoms with van der Waals surface area (Å²) < 4.78 is 2.42. The minimum Gasteiger partial charge on any atom is -0.388 e. The first kappa shape index (κ1) is 12.5. The van der Waals surface area contributed by atoms with Crippen molar-refractivity contribution < 1.29 is 0 Å². The Morgan fingerprint density at radius 2 is 1.86 bits per heavy atom. The Bertz CT molecular complexity index is 795. The molecule has 1 saturated carbocycles. The third kappa shape index (κ3) is 2.09. The molecule has 2 aromatic carbocycles. The number of rotatable bonds is 3. The average molecular weight is 277 g/mol. The van der Waals surface area contributed by atoms with Crippen LogP contribution in [0.1, 0.15) is 24.4 Å². The SMILES string of the molecule is CNc1ccc(-c2nc3cc(C)ccc3n2C2CC2)cc1. The van der Waals surface area contributed by atoms with Gasteiger partial charge in [0.2, 0.25) is 0 Å². The number of fused-ring (bicyclic) bond motifs is 1. The molecule has 0 bridgehead atoms. The summed E-state index contributed by atoms with van der Waals surface area (Å²) in [5.74, 6) is 1.10. The first-order valence-corrected chi connectivity index (χ1v) is 7.53. The van der Waals surface area contributed by atoms with Crippen LogP contribution in [-0.2, 0) is 0 Å². The first-order valence-electron chi connectivity index (χ1n) is 7.53. The van der Waals surface area contributed by atoms with Gasteiger partial charge in [0, 0.05) is 24.3 Å². The second kappa shape index (κ2) is 4.62. The standard InChI is InChI=1S/C18H19N3/c1-12-3-10-17-16(11-12)20-18(21(17)15-8-9-15)13-4-6-14(19-2)7-5-13/h3-7,10-11,15,19H,8-9H2,1-2H3. The van der Waals surface area contributed by atoms with Crippen molar-refractivity contribution in [1.82, 2.24) is 9.55 Å². The molecule has 4 rings (SSSR count). The molecule has 0 amide bonds. The Labute approximate surface area is 124 Å². The number of benzene rings is 2. The van der Waals surface area contributed by atoms with Gasteiger partial charge in [-0.15, -0.1) is 0 Å². The number of aryl methyl sites for hydroxylation is 1. The Hall–Kier alpha value is -2.29. The number of aromatic nitrogens is 2. The Morgan fingerprint density at radius 3 is 2.52 bits per heavy atom. The van der Waals surface area contributed by atoms with Crippen molar-refractivity contribution in [1.29, 1.82) is 0 Å². The first-order chi connectivity index (χ1) is 10.3. The predicted octanol–water partition coefficient (Wildman–Crippen LogP) is 4.39. The van der Waals surface area contributed by atoms with Crippen molar-refractivity contribution in [2.24, 2.45) is 0 Å². The molecule has 1 aliphatic carbocycles. The second-order valence-corrected chi connectivity index (χ2v) is 5.86. The summed E-state index contributed by atoms with van der Waals surface area (Å²) in [6, 6.07) is 15.7. The van der Waals surface area contributed by atoms with E-state index in [-0.39, 0.29) is 0 Å². The molecule has 0 spiro atoms. The van der Waals surface area contributed by atoms with Gasteiger partial charge in [-0.25, -0.2) is 4.98 Å². The van der Waals surface area contributed by atoms with Gasteiger partial charge in [-0.3, -0.25) is 0 Å². The molecule has 0 saturated heterocycles. The largest absolute Gasteiger partial charge is 0.388 e. The van der Waals surface area contributed by atoms with Gasteiger partial charge in [-0.05, 0) is 61.7 Å². The molecule has 1 heterocycles. The summed E-state index contributed by atoms with van der Waals surface area (Å²) in [7, 11) is 1.94. The molecule has 3 nitrogen and oxygen atoms in total. The topological polar surface area (TPSA) is 29.9 Å². The van der Waals surface area contributed by atoms with Crippen LogP contribution in [0.25, 0.3) is 22.4 Å². The minimum absolute atomic E-state index is 0.622. The molecule has 3 aromatic rings. The van der Waals surface area contributed by atoms with E-state index < -0.39 is 0 Å². The lowest BCUT2D eigenvalue weighted by Crippen LogP contribution is -1.97. The highest BCUT2D eigenvalue weighted by Gasteiger charge is 2.28. The van der Waals surface area contributed by atoms with Crippen LogP contribution in [0.3, 0.4) is 0 Å². The van der Waals surface area contributed by atoms with Crippen LogP contribution < -0.4 is 5.32 Å². The zero-order chi connectivity index (χ0) is 14.4. The van der Waals surface area contributed by atoms with E-state index in [1.807, 2.05) is 7.05 Å². The highest BCUT2D eigenvalue weighted by Crippen LogP contribution is 2.41. The van der Waals surface area contributed by atoms with Crippen molar-refractivity contribution in [3.05, 3.63) is 48.0 Å². The molecule has 0 unspecified atom stereocenters. The minimum atomic E-state index is 0.622. The van der Waals surface area contributed by atoms with Crippen LogP contribution in [0.5, 0.6) is 0 Å². The zero-order valence-electron chi connectivity index (χ0n) is 12.4. The van der Waals surface area contributed by atoms with Crippen molar-refractivity contribution >= 4 is 16.7 Å². The predicted molar refractivity (Wildman–Crippen MR) is 87.7 cm³/mol. The second-order valence-electron chi connectivity index (χ2n) is 5.86. The lowest BCUT2D eigenvalue weighted by Gasteiger charge is -2.08. The highest BCUT2D eigenvalue weighted by molar-refractivity contribution is 5.82. The van der Waals surface area contributed by atoms with E-state index in [1.54, 1.807) is 0 Å².